The lowest BCUT2D eigenvalue weighted by Crippen LogP contribution is -2.22. The van der Waals surface area contributed by atoms with E-state index in [0.29, 0.717) is 0 Å². The molecule has 0 bridgehead atoms. The van der Waals surface area contributed by atoms with Crippen LogP contribution in [-0.4, -0.2) is 18.9 Å². The van der Waals surface area contributed by atoms with Gasteiger partial charge in [0.25, 0.3) is 0 Å². The van der Waals surface area contributed by atoms with Gasteiger partial charge in [0.1, 0.15) is 0 Å². The van der Waals surface area contributed by atoms with Crippen LogP contribution in [0.5, 0.6) is 0 Å². The molecule has 0 fully saturated rings. The normalized spacial score (nSPS) is 12.8. The van der Waals surface area contributed by atoms with Gasteiger partial charge in [-0.2, -0.15) is 0 Å². The number of fused-ring (bicyclic) bond motifs is 2. The summed E-state index contributed by atoms with van der Waals surface area (Å²) in [6, 6.07) is 24.6. The Balaban J connectivity index is 1.70. The van der Waals surface area contributed by atoms with E-state index in [1.807, 2.05) is 36.4 Å². The second-order valence-corrected chi connectivity index (χ2v) is 7.04. The third-order valence-electron chi connectivity index (χ3n) is 4.76. The lowest BCUT2D eigenvalue weighted by Gasteiger charge is -2.21. The van der Waals surface area contributed by atoms with Crippen molar-refractivity contribution in [3.05, 3.63) is 108 Å². The maximum atomic E-state index is 5.88. The first kappa shape index (κ1) is 15.4. The molecule has 2 aromatic heterocycles. The Morgan fingerprint density at radius 3 is 1.27 bits per heavy atom. The molecule has 26 heavy (non-hydrogen) atoms. The van der Waals surface area contributed by atoms with Crippen molar-refractivity contribution in [1.82, 2.24) is 9.13 Å². The van der Waals surface area contributed by atoms with E-state index in [2.05, 4.69) is 57.9 Å². The molecule has 0 saturated heterocycles. The minimum atomic E-state index is 0.840. The van der Waals surface area contributed by atoms with Gasteiger partial charge < -0.3 is 9.13 Å². The van der Waals surface area contributed by atoms with E-state index in [0.717, 1.165) is 43.6 Å². The fourth-order valence-electron chi connectivity index (χ4n) is 3.56. The first-order valence-corrected chi connectivity index (χ1v) is 9.20. The average molecular weight is 371 g/mol. The van der Waals surface area contributed by atoms with Crippen LogP contribution in [0.25, 0.3) is 11.4 Å². The lowest BCUT2D eigenvalue weighted by molar-refractivity contribution is 1.05. The van der Waals surface area contributed by atoms with Crippen molar-refractivity contribution in [3.8, 4) is 11.4 Å². The standard InChI is InChI=1S/C22H14N2S2/c25-21-18-12-14-24(16-9-5-2-6-10-16)20(18)22(26)17-11-13-23(19(17)21)15-7-3-1-4-8-15/h1-14H. The van der Waals surface area contributed by atoms with Crippen molar-refractivity contribution in [1.29, 1.82) is 0 Å². The quantitative estimate of drug-likeness (QED) is 0.399. The second kappa shape index (κ2) is 5.87. The first-order valence-electron chi connectivity index (χ1n) is 8.38. The van der Waals surface area contributed by atoms with Gasteiger partial charge in [-0.05, 0) is 36.4 Å². The molecule has 0 radical (unpaired) electrons. The van der Waals surface area contributed by atoms with Crippen LogP contribution in [0.2, 0.25) is 0 Å². The highest BCUT2D eigenvalue weighted by Gasteiger charge is 2.30. The van der Waals surface area contributed by atoms with Crippen LogP contribution in [0.15, 0.2) is 85.2 Å². The first-order chi connectivity index (χ1) is 12.8. The van der Waals surface area contributed by atoms with Crippen LogP contribution in [-0.2, 0) is 0 Å². The molecule has 0 atom stereocenters. The van der Waals surface area contributed by atoms with E-state index in [-0.39, 0.29) is 0 Å². The molecular formula is C22H14N2S2. The number of nitrogens with zero attached hydrogens (tertiary/aromatic N) is 2. The molecule has 0 spiro atoms. The van der Waals surface area contributed by atoms with Crippen LogP contribution in [0, 0.1) is 0 Å². The summed E-state index contributed by atoms with van der Waals surface area (Å²) < 4.78 is 4.26. The summed E-state index contributed by atoms with van der Waals surface area (Å²) in [5, 5.41) is 0. The van der Waals surface area contributed by atoms with Gasteiger partial charge in [-0.1, -0.05) is 60.8 Å². The number of aromatic nitrogens is 2. The van der Waals surface area contributed by atoms with E-state index < -0.39 is 0 Å². The van der Waals surface area contributed by atoms with Crippen molar-refractivity contribution in [2.24, 2.45) is 0 Å². The Hall–Kier alpha value is -2.82. The number of thiocarbonyl (C=S) groups is 2. The molecular weight excluding hydrogens is 356 g/mol. The van der Waals surface area contributed by atoms with Gasteiger partial charge in [0.05, 0.1) is 21.1 Å². The Morgan fingerprint density at radius 2 is 0.885 bits per heavy atom. The minimum Gasteiger partial charge on any atom is -0.315 e. The molecule has 0 saturated carbocycles. The van der Waals surface area contributed by atoms with E-state index in [1.54, 1.807) is 0 Å². The molecule has 0 amide bonds. The number of hydrogen-bond donors (Lipinski definition) is 0. The summed E-state index contributed by atoms with van der Waals surface area (Å²) in [5.74, 6) is 0. The number of rotatable bonds is 2. The van der Waals surface area contributed by atoms with Crippen molar-refractivity contribution >= 4 is 34.2 Å². The highest BCUT2D eigenvalue weighted by Crippen LogP contribution is 2.33. The van der Waals surface area contributed by atoms with Crippen LogP contribution in [0.4, 0.5) is 0 Å². The number of para-hydroxylation sites is 2. The van der Waals surface area contributed by atoms with Crippen LogP contribution in [0.1, 0.15) is 22.5 Å². The Labute approximate surface area is 162 Å². The zero-order chi connectivity index (χ0) is 17.7. The average Bonchev–Trinajstić information content (AvgIpc) is 3.33. The Kier molecular flexibility index (Phi) is 3.48. The van der Waals surface area contributed by atoms with Crippen molar-refractivity contribution in [2.45, 2.75) is 0 Å². The highest BCUT2D eigenvalue weighted by molar-refractivity contribution is 7.82. The van der Waals surface area contributed by atoms with E-state index in [4.69, 9.17) is 24.4 Å². The predicted octanol–water partition coefficient (Wildman–Crippen LogP) is 5.11. The van der Waals surface area contributed by atoms with Crippen molar-refractivity contribution < 1.29 is 0 Å². The zero-order valence-electron chi connectivity index (χ0n) is 13.8. The Morgan fingerprint density at radius 1 is 0.500 bits per heavy atom. The molecule has 2 aromatic carbocycles. The lowest BCUT2D eigenvalue weighted by atomic mass is 9.95. The molecule has 5 rings (SSSR count). The molecule has 1 aliphatic rings. The molecule has 0 unspecified atom stereocenters. The third-order valence-corrected chi connectivity index (χ3v) is 5.59. The predicted molar refractivity (Wildman–Crippen MR) is 113 cm³/mol. The van der Waals surface area contributed by atoms with Crippen LogP contribution < -0.4 is 0 Å². The van der Waals surface area contributed by atoms with Crippen molar-refractivity contribution in [3.63, 3.8) is 0 Å². The van der Waals surface area contributed by atoms with Gasteiger partial charge in [-0.15, -0.1) is 0 Å². The summed E-state index contributed by atoms with van der Waals surface area (Å²) in [7, 11) is 0. The van der Waals surface area contributed by atoms with Gasteiger partial charge in [-0.3, -0.25) is 0 Å². The monoisotopic (exact) mass is 370 g/mol. The zero-order valence-corrected chi connectivity index (χ0v) is 15.4. The molecule has 4 heteroatoms. The van der Waals surface area contributed by atoms with Gasteiger partial charge in [0, 0.05) is 34.9 Å². The fraction of sp³-hybridized carbons (Fsp3) is 0. The summed E-state index contributed by atoms with van der Waals surface area (Å²) >= 11 is 11.8. The minimum absolute atomic E-state index is 0.840. The molecule has 2 nitrogen and oxygen atoms in total. The third kappa shape index (κ3) is 2.16. The molecule has 4 aromatic rings. The van der Waals surface area contributed by atoms with E-state index >= 15 is 0 Å². The summed E-state index contributed by atoms with van der Waals surface area (Å²) in [4.78, 5) is 1.68. The molecule has 1 aliphatic carbocycles. The van der Waals surface area contributed by atoms with Gasteiger partial charge >= 0.3 is 0 Å². The summed E-state index contributed by atoms with van der Waals surface area (Å²) in [6.07, 6.45) is 4.11. The van der Waals surface area contributed by atoms with E-state index in [1.165, 1.54) is 0 Å². The van der Waals surface area contributed by atoms with Crippen LogP contribution >= 0.6 is 24.4 Å². The van der Waals surface area contributed by atoms with Crippen LogP contribution in [0.3, 0.4) is 0 Å². The Bertz CT molecular complexity index is 1060. The maximum Gasteiger partial charge on any atom is 0.0732 e. The number of benzene rings is 2. The second-order valence-electron chi connectivity index (χ2n) is 6.23. The highest BCUT2D eigenvalue weighted by atomic mass is 32.1. The SMILES string of the molecule is S=C1c2ccn(-c3ccccc3)c2C(=S)c2ccn(-c3ccccc3)c21. The van der Waals surface area contributed by atoms with Crippen molar-refractivity contribution in [2.75, 3.05) is 0 Å². The summed E-state index contributed by atoms with van der Waals surface area (Å²) in [6.45, 7) is 0. The molecule has 0 N–H and O–H groups in total. The largest absolute Gasteiger partial charge is 0.315 e. The molecule has 0 aliphatic heterocycles. The maximum absolute atomic E-state index is 5.88. The van der Waals surface area contributed by atoms with Gasteiger partial charge in [0.2, 0.25) is 0 Å². The van der Waals surface area contributed by atoms with E-state index in [9.17, 15) is 0 Å². The van der Waals surface area contributed by atoms with Gasteiger partial charge in [0.15, 0.2) is 0 Å². The smallest absolute Gasteiger partial charge is 0.0732 e. The fourth-order valence-corrected chi connectivity index (χ4v) is 4.30. The number of hydrogen-bond acceptors (Lipinski definition) is 2. The van der Waals surface area contributed by atoms with Gasteiger partial charge in [-0.25, -0.2) is 0 Å². The molecule has 2 heterocycles. The molecule has 124 valence electrons. The summed E-state index contributed by atoms with van der Waals surface area (Å²) in [5.41, 5.74) is 6.24. The topological polar surface area (TPSA) is 9.86 Å².